The summed E-state index contributed by atoms with van der Waals surface area (Å²) in [6.07, 6.45) is 0.398. The Kier molecular flexibility index (Phi) is 6.45. The molecule has 40 heavy (non-hydrogen) atoms. The van der Waals surface area contributed by atoms with E-state index in [0.29, 0.717) is 37.2 Å². The lowest BCUT2D eigenvalue weighted by molar-refractivity contribution is -0.150. The molecule has 0 bridgehead atoms. The number of amides is 3. The molecule has 4 aliphatic heterocycles. The third-order valence-corrected chi connectivity index (χ3v) is 12.0. The third kappa shape index (κ3) is 3.95. The van der Waals surface area contributed by atoms with Crippen LogP contribution in [0, 0.1) is 5.92 Å². The number of carbonyl (C=O) groups excluding carboxylic acids is 3. The number of carbonyl (C=O) groups is 3. The molecule has 0 saturated carbocycles. The Hall–Kier alpha value is -3.05. The fourth-order valence-corrected chi connectivity index (χ4v) is 10.0. The Balaban J connectivity index is 1.35. The number of hydrogen-bond acceptors (Lipinski definition) is 6. The molecule has 2 saturated heterocycles. The zero-order valence-electron chi connectivity index (χ0n) is 23.5. The number of likely N-dealkylation sites (N-methyl/N-ethyl adjacent to an activating group) is 1. The minimum atomic E-state index is -2.94. The summed E-state index contributed by atoms with van der Waals surface area (Å²) in [4.78, 5) is 56.6. The van der Waals surface area contributed by atoms with E-state index in [-0.39, 0.29) is 36.8 Å². The molecule has 9 nitrogen and oxygen atoms in total. The van der Waals surface area contributed by atoms with Gasteiger partial charge in [0.25, 0.3) is 5.91 Å². The normalized spacial score (nSPS) is 29.6. The van der Waals surface area contributed by atoms with E-state index in [1.54, 1.807) is 21.7 Å². The summed E-state index contributed by atoms with van der Waals surface area (Å²) in [7, 11) is -1.22. The lowest BCUT2D eigenvalue weighted by Crippen LogP contribution is -2.48. The minimum absolute atomic E-state index is 0.00302. The molecule has 0 aliphatic carbocycles. The summed E-state index contributed by atoms with van der Waals surface area (Å²) in [5.41, 5.74) is 2.56. The van der Waals surface area contributed by atoms with Crippen LogP contribution in [-0.2, 0) is 37.7 Å². The first-order valence-electron chi connectivity index (χ1n) is 14.1. The maximum absolute atomic E-state index is 14.0. The first-order chi connectivity index (χ1) is 19.0. The molecule has 10 heteroatoms. The van der Waals surface area contributed by atoms with Crippen molar-refractivity contribution < 1.29 is 29.0 Å². The van der Waals surface area contributed by atoms with Gasteiger partial charge in [0.15, 0.2) is 13.9 Å². The molecule has 2 fully saturated rings. The topological polar surface area (TPSA) is 111 Å². The number of benzene rings is 2. The van der Waals surface area contributed by atoms with E-state index >= 15 is 0 Å². The number of hydrogen-bond donors (Lipinski definition) is 2. The average Bonchev–Trinajstić information content (AvgIpc) is 3.33. The summed E-state index contributed by atoms with van der Waals surface area (Å²) in [5, 5.41) is 10.1. The molecule has 5 atom stereocenters. The van der Waals surface area contributed by atoms with E-state index in [2.05, 4.69) is 0 Å². The van der Waals surface area contributed by atoms with Gasteiger partial charge in [-0.1, -0.05) is 31.2 Å². The largest absolute Gasteiger partial charge is 0.432 e. The van der Waals surface area contributed by atoms with E-state index in [4.69, 9.17) is 4.74 Å². The molecule has 1 spiro atoms. The van der Waals surface area contributed by atoms with Gasteiger partial charge < -0.3 is 29.3 Å². The maximum atomic E-state index is 14.0. The summed E-state index contributed by atoms with van der Waals surface area (Å²) in [6.45, 7) is 6.49. The smallest absolute Gasteiger partial charge is 0.264 e. The molecule has 4 heterocycles. The first-order valence-corrected chi connectivity index (χ1v) is 17.1. The fourth-order valence-electron chi connectivity index (χ4n) is 7.46. The Labute approximate surface area is 235 Å². The summed E-state index contributed by atoms with van der Waals surface area (Å²) in [5.74, 6) is -0.740. The van der Waals surface area contributed by atoms with Crippen molar-refractivity contribution in [3.63, 3.8) is 0 Å². The van der Waals surface area contributed by atoms with Gasteiger partial charge in [-0.25, -0.2) is 0 Å². The Morgan fingerprint density at radius 1 is 1.15 bits per heavy atom. The van der Waals surface area contributed by atoms with Gasteiger partial charge in [-0.05, 0) is 48.8 Å². The van der Waals surface area contributed by atoms with Crippen LogP contribution in [0.3, 0.4) is 0 Å². The molecular formula is C30H37N3O6Si. The second kappa shape index (κ2) is 9.51. The van der Waals surface area contributed by atoms with Crippen molar-refractivity contribution in [2.45, 2.75) is 69.1 Å². The highest BCUT2D eigenvalue weighted by molar-refractivity contribution is 6.71. The van der Waals surface area contributed by atoms with E-state index < -0.39 is 31.5 Å². The number of nitrogens with zero attached hydrogens (tertiary/aromatic N) is 3. The van der Waals surface area contributed by atoms with E-state index in [1.165, 1.54) is 0 Å². The molecule has 4 aliphatic rings. The quantitative estimate of drug-likeness (QED) is 0.427. The zero-order chi connectivity index (χ0) is 28.6. The summed E-state index contributed by atoms with van der Waals surface area (Å²) >= 11 is 0. The van der Waals surface area contributed by atoms with E-state index in [9.17, 15) is 24.3 Å². The van der Waals surface area contributed by atoms with E-state index in [1.807, 2.05) is 62.5 Å². The Bertz CT molecular complexity index is 1390. The highest BCUT2D eigenvalue weighted by Crippen LogP contribution is 2.60. The predicted octanol–water partition coefficient (Wildman–Crippen LogP) is 2.53. The van der Waals surface area contributed by atoms with Crippen LogP contribution in [0.15, 0.2) is 42.5 Å². The SMILES string of the molecule is C[C@@H]1[C@@H]([Si](C)(C)O)[C@H](CC(=O)N2Cc3ccccc3C[C@H]2CO)O[C@@]12C(=O)N(C)c1ccc(N3CCC3=O)cc12. The Morgan fingerprint density at radius 3 is 2.50 bits per heavy atom. The van der Waals surface area contributed by atoms with Crippen molar-refractivity contribution in [2.75, 3.05) is 30.0 Å². The number of ether oxygens (including phenoxy) is 1. The molecule has 0 unspecified atom stereocenters. The van der Waals surface area contributed by atoms with Crippen molar-refractivity contribution in [1.82, 2.24) is 4.90 Å². The molecular weight excluding hydrogens is 526 g/mol. The van der Waals surface area contributed by atoms with Crippen molar-refractivity contribution in [2.24, 2.45) is 5.92 Å². The monoisotopic (exact) mass is 563 g/mol. The lowest BCUT2D eigenvalue weighted by atomic mass is 9.82. The number of aliphatic hydroxyl groups is 1. The van der Waals surface area contributed by atoms with Crippen molar-refractivity contribution in [1.29, 1.82) is 0 Å². The van der Waals surface area contributed by atoms with Gasteiger partial charge in [0.1, 0.15) is 0 Å². The van der Waals surface area contributed by atoms with Crippen molar-refractivity contribution in [3.05, 3.63) is 59.2 Å². The second-order valence-corrected chi connectivity index (χ2v) is 16.2. The third-order valence-electron chi connectivity index (χ3n) is 9.52. The van der Waals surface area contributed by atoms with Crippen LogP contribution < -0.4 is 9.80 Å². The summed E-state index contributed by atoms with van der Waals surface area (Å²) < 4.78 is 6.75. The standard InChI is InChI=1S/C30H37N3O6Si/c1-18-28(40(3,4)38)25(15-27(36)33-16-20-8-6-5-7-19(20)13-22(33)17-34)39-30(18)23-14-21(32-12-11-26(32)35)9-10-24(23)31(2)29(30)37/h5-10,14,18,22,25,28,34,38H,11-13,15-17H2,1-4H3/t18-,22+,25+,28-,30+/m1/s1. The van der Waals surface area contributed by atoms with Gasteiger partial charge in [-0.2, -0.15) is 0 Å². The molecule has 2 aromatic carbocycles. The van der Waals surface area contributed by atoms with Crippen LogP contribution >= 0.6 is 0 Å². The zero-order valence-corrected chi connectivity index (χ0v) is 24.5. The van der Waals surface area contributed by atoms with Gasteiger partial charge >= 0.3 is 0 Å². The lowest BCUT2D eigenvalue weighted by Gasteiger charge is -2.37. The first kappa shape index (κ1) is 27.1. The van der Waals surface area contributed by atoms with Gasteiger partial charge in [-0.3, -0.25) is 14.4 Å². The molecule has 0 radical (unpaired) electrons. The second-order valence-electron chi connectivity index (χ2n) is 12.3. The van der Waals surface area contributed by atoms with Crippen LogP contribution in [0.5, 0.6) is 0 Å². The molecule has 2 N–H and O–H groups in total. The van der Waals surface area contributed by atoms with Gasteiger partial charge in [0.2, 0.25) is 11.8 Å². The van der Waals surface area contributed by atoms with Crippen molar-refractivity contribution in [3.8, 4) is 0 Å². The Morgan fingerprint density at radius 2 is 1.88 bits per heavy atom. The molecule has 2 aromatic rings. The van der Waals surface area contributed by atoms with Crippen LogP contribution in [0.25, 0.3) is 0 Å². The van der Waals surface area contributed by atoms with Crippen LogP contribution in [-0.4, -0.2) is 73.2 Å². The number of β-lactam (4-membered cyclic amide) rings is 1. The summed E-state index contributed by atoms with van der Waals surface area (Å²) in [6, 6.07) is 13.2. The molecule has 0 aromatic heterocycles. The molecule has 212 valence electrons. The molecule has 3 amide bonds. The van der Waals surface area contributed by atoms with Gasteiger partial charge in [-0.15, -0.1) is 0 Å². The highest BCUT2D eigenvalue weighted by Gasteiger charge is 2.66. The minimum Gasteiger partial charge on any atom is -0.432 e. The van der Waals surface area contributed by atoms with Gasteiger partial charge in [0.05, 0.1) is 30.9 Å². The number of rotatable bonds is 5. The maximum Gasteiger partial charge on any atom is 0.264 e. The van der Waals surface area contributed by atoms with E-state index in [0.717, 1.165) is 16.8 Å². The number of aliphatic hydroxyl groups excluding tert-OH is 1. The predicted molar refractivity (Wildman–Crippen MR) is 152 cm³/mol. The van der Waals surface area contributed by atoms with Crippen LogP contribution in [0.2, 0.25) is 18.6 Å². The molecule has 6 rings (SSSR count). The number of fused-ring (bicyclic) bond motifs is 3. The fraction of sp³-hybridized carbons (Fsp3) is 0.500. The van der Waals surface area contributed by atoms with Crippen molar-refractivity contribution >= 4 is 37.4 Å². The van der Waals surface area contributed by atoms with Crippen LogP contribution in [0.1, 0.15) is 36.5 Å². The average molecular weight is 564 g/mol. The van der Waals surface area contributed by atoms with Gasteiger partial charge in [0, 0.05) is 49.3 Å². The number of anilines is 2. The highest BCUT2D eigenvalue weighted by atomic mass is 28.4. The van der Waals surface area contributed by atoms with Crippen LogP contribution in [0.4, 0.5) is 11.4 Å².